The summed E-state index contributed by atoms with van der Waals surface area (Å²) in [5.74, 6) is 1.42. The summed E-state index contributed by atoms with van der Waals surface area (Å²) in [6, 6.07) is 17.2. The summed E-state index contributed by atoms with van der Waals surface area (Å²) in [4.78, 5) is 14.6. The summed E-state index contributed by atoms with van der Waals surface area (Å²) in [7, 11) is 0. The SMILES string of the molecule is CC(=O)/C(=C\c1ccccc1)Oc1ccccc1OCCCN1CCCCC1. The van der Waals surface area contributed by atoms with Crippen molar-refractivity contribution < 1.29 is 14.3 Å². The van der Waals surface area contributed by atoms with E-state index in [4.69, 9.17) is 9.47 Å². The van der Waals surface area contributed by atoms with E-state index in [1.54, 1.807) is 6.08 Å². The van der Waals surface area contributed by atoms with Crippen molar-refractivity contribution in [3.63, 3.8) is 0 Å². The molecule has 0 aromatic heterocycles. The van der Waals surface area contributed by atoms with E-state index in [1.165, 1.54) is 39.3 Å². The van der Waals surface area contributed by atoms with Crippen LogP contribution in [0.3, 0.4) is 0 Å². The third-order valence-corrected chi connectivity index (χ3v) is 4.84. The summed E-state index contributed by atoms with van der Waals surface area (Å²) >= 11 is 0. The van der Waals surface area contributed by atoms with E-state index in [0.29, 0.717) is 23.9 Å². The third-order valence-electron chi connectivity index (χ3n) is 4.84. The number of ether oxygens (including phenoxy) is 2. The fraction of sp³-hybridized carbons (Fsp3) is 0.375. The van der Waals surface area contributed by atoms with Gasteiger partial charge in [0.1, 0.15) is 0 Å². The van der Waals surface area contributed by atoms with Gasteiger partial charge in [0.25, 0.3) is 0 Å². The van der Waals surface area contributed by atoms with Gasteiger partial charge in [0.2, 0.25) is 0 Å². The monoisotopic (exact) mass is 379 g/mol. The molecule has 1 saturated heterocycles. The number of Topliss-reactive ketones (excluding diaryl/α,β-unsaturated/α-hetero) is 1. The number of piperidine rings is 1. The Labute approximate surface area is 167 Å². The number of para-hydroxylation sites is 2. The second-order valence-electron chi connectivity index (χ2n) is 7.13. The normalized spacial score (nSPS) is 15.2. The van der Waals surface area contributed by atoms with Crippen LogP contribution in [-0.4, -0.2) is 36.9 Å². The number of hydrogen-bond acceptors (Lipinski definition) is 4. The largest absolute Gasteiger partial charge is 0.490 e. The fourth-order valence-electron chi connectivity index (χ4n) is 3.33. The molecule has 0 amide bonds. The molecule has 1 aliphatic heterocycles. The van der Waals surface area contributed by atoms with Gasteiger partial charge >= 0.3 is 0 Å². The van der Waals surface area contributed by atoms with Crippen LogP contribution in [0.1, 0.15) is 38.2 Å². The third kappa shape index (κ3) is 6.24. The van der Waals surface area contributed by atoms with E-state index in [1.807, 2.05) is 54.6 Å². The molecule has 2 aromatic rings. The minimum atomic E-state index is -0.122. The zero-order valence-electron chi connectivity index (χ0n) is 16.6. The first-order valence-electron chi connectivity index (χ1n) is 10.1. The highest BCUT2D eigenvalue weighted by atomic mass is 16.5. The van der Waals surface area contributed by atoms with Gasteiger partial charge in [0.15, 0.2) is 23.0 Å². The van der Waals surface area contributed by atoms with Crippen molar-refractivity contribution in [1.82, 2.24) is 4.90 Å². The van der Waals surface area contributed by atoms with Crippen molar-refractivity contribution in [2.75, 3.05) is 26.2 Å². The Morgan fingerprint density at radius 3 is 2.36 bits per heavy atom. The van der Waals surface area contributed by atoms with Crippen molar-refractivity contribution in [3.05, 3.63) is 65.9 Å². The lowest BCUT2D eigenvalue weighted by molar-refractivity contribution is -0.115. The molecule has 1 heterocycles. The zero-order chi connectivity index (χ0) is 19.6. The van der Waals surface area contributed by atoms with Gasteiger partial charge in [-0.25, -0.2) is 0 Å². The molecule has 0 bridgehead atoms. The predicted molar refractivity (Wildman–Crippen MR) is 113 cm³/mol. The van der Waals surface area contributed by atoms with Gasteiger partial charge in [0.05, 0.1) is 6.61 Å². The first kappa shape index (κ1) is 20.2. The lowest BCUT2D eigenvalue weighted by Crippen LogP contribution is -2.31. The molecule has 0 unspecified atom stereocenters. The summed E-state index contributed by atoms with van der Waals surface area (Å²) in [6.07, 6.45) is 6.70. The van der Waals surface area contributed by atoms with E-state index in [2.05, 4.69) is 4.90 Å². The summed E-state index contributed by atoms with van der Waals surface area (Å²) in [5, 5.41) is 0. The highest BCUT2D eigenvalue weighted by molar-refractivity contribution is 5.96. The molecule has 4 nitrogen and oxygen atoms in total. The molecule has 3 rings (SSSR count). The first-order chi connectivity index (χ1) is 13.7. The maximum Gasteiger partial charge on any atom is 0.194 e. The van der Waals surface area contributed by atoms with Crippen molar-refractivity contribution in [2.24, 2.45) is 0 Å². The molecule has 28 heavy (non-hydrogen) atoms. The summed E-state index contributed by atoms with van der Waals surface area (Å²) in [6.45, 7) is 5.61. The molecule has 1 fully saturated rings. The lowest BCUT2D eigenvalue weighted by Gasteiger charge is -2.26. The second kappa shape index (κ2) is 10.7. The number of carbonyl (C=O) groups is 1. The molecule has 0 saturated carbocycles. The quantitative estimate of drug-likeness (QED) is 0.351. The van der Waals surface area contributed by atoms with Crippen LogP contribution in [0.15, 0.2) is 60.4 Å². The van der Waals surface area contributed by atoms with E-state index in [9.17, 15) is 4.79 Å². The molecule has 4 heteroatoms. The van der Waals surface area contributed by atoms with Gasteiger partial charge in [-0.1, -0.05) is 48.9 Å². The van der Waals surface area contributed by atoms with Gasteiger partial charge in [-0.2, -0.15) is 0 Å². The van der Waals surface area contributed by atoms with Gasteiger partial charge < -0.3 is 14.4 Å². The zero-order valence-corrected chi connectivity index (χ0v) is 16.6. The highest BCUT2D eigenvalue weighted by Gasteiger charge is 2.12. The Hall–Kier alpha value is -2.59. The Bertz CT molecular complexity index is 779. The first-order valence-corrected chi connectivity index (χ1v) is 10.1. The molecule has 0 N–H and O–H groups in total. The number of benzene rings is 2. The smallest absolute Gasteiger partial charge is 0.194 e. The molecular formula is C24H29NO3. The van der Waals surface area contributed by atoms with Crippen LogP contribution in [0.5, 0.6) is 11.5 Å². The maximum atomic E-state index is 12.1. The molecule has 0 radical (unpaired) electrons. The number of likely N-dealkylation sites (tertiary alicyclic amines) is 1. The van der Waals surface area contributed by atoms with Crippen LogP contribution in [0, 0.1) is 0 Å². The molecule has 0 aliphatic carbocycles. The summed E-state index contributed by atoms with van der Waals surface area (Å²) < 4.78 is 11.9. The van der Waals surface area contributed by atoms with Crippen LogP contribution in [0.2, 0.25) is 0 Å². The standard InChI is InChI=1S/C24H29NO3/c1-20(26)24(19-21-11-4-2-5-12-21)28-23-14-7-6-13-22(23)27-18-10-17-25-15-8-3-9-16-25/h2,4-7,11-14,19H,3,8-10,15-18H2,1H3/b24-19+. The maximum absolute atomic E-state index is 12.1. The van der Waals surface area contributed by atoms with Crippen LogP contribution in [0.4, 0.5) is 0 Å². The Morgan fingerprint density at radius 2 is 1.64 bits per heavy atom. The van der Waals surface area contributed by atoms with Crippen molar-refractivity contribution >= 4 is 11.9 Å². The molecule has 2 aromatic carbocycles. The molecule has 148 valence electrons. The van der Waals surface area contributed by atoms with E-state index in [-0.39, 0.29) is 5.78 Å². The van der Waals surface area contributed by atoms with Gasteiger partial charge in [0, 0.05) is 13.5 Å². The average molecular weight is 380 g/mol. The average Bonchev–Trinajstić information content (AvgIpc) is 2.73. The van der Waals surface area contributed by atoms with Crippen LogP contribution < -0.4 is 9.47 Å². The fourth-order valence-corrected chi connectivity index (χ4v) is 3.33. The second-order valence-corrected chi connectivity index (χ2v) is 7.13. The van der Waals surface area contributed by atoms with Gasteiger partial charge in [-0.3, -0.25) is 4.79 Å². The van der Waals surface area contributed by atoms with Crippen LogP contribution >= 0.6 is 0 Å². The van der Waals surface area contributed by atoms with E-state index >= 15 is 0 Å². The van der Waals surface area contributed by atoms with Crippen LogP contribution in [0.25, 0.3) is 6.08 Å². The Kier molecular flexibility index (Phi) is 7.68. The van der Waals surface area contributed by atoms with Crippen molar-refractivity contribution in [2.45, 2.75) is 32.6 Å². The number of rotatable bonds is 9. The van der Waals surface area contributed by atoms with Gasteiger partial charge in [-0.05, 0) is 56.1 Å². The van der Waals surface area contributed by atoms with Crippen molar-refractivity contribution in [1.29, 1.82) is 0 Å². The number of carbonyl (C=O) groups excluding carboxylic acids is 1. The number of ketones is 1. The molecular weight excluding hydrogens is 350 g/mol. The van der Waals surface area contributed by atoms with E-state index in [0.717, 1.165) is 18.5 Å². The summed E-state index contributed by atoms with van der Waals surface area (Å²) in [5.41, 5.74) is 0.924. The molecule has 1 aliphatic rings. The van der Waals surface area contributed by atoms with Crippen molar-refractivity contribution in [3.8, 4) is 11.5 Å². The minimum Gasteiger partial charge on any atom is -0.490 e. The number of hydrogen-bond donors (Lipinski definition) is 0. The highest BCUT2D eigenvalue weighted by Crippen LogP contribution is 2.29. The predicted octanol–water partition coefficient (Wildman–Crippen LogP) is 4.95. The topological polar surface area (TPSA) is 38.8 Å². The minimum absolute atomic E-state index is 0.122. The lowest BCUT2D eigenvalue weighted by atomic mass is 10.1. The number of allylic oxidation sites excluding steroid dienone is 1. The van der Waals surface area contributed by atoms with Gasteiger partial charge in [-0.15, -0.1) is 0 Å². The number of nitrogens with zero attached hydrogens (tertiary/aromatic N) is 1. The Balaban J connectivity index is 1.60. The van der Waals surface area contributed by atoms with E-state index < -0.39 is 0 Å². The molecule has 0 atom stereocenters. The Morgan fingerprint density at radius 1 is 0.964 bits per heavy atom. The molecule has 0 spiro atoms. The van der Waals surface area contributed by atoms with Crippen LogP contribution in [-0.2, 0) is 4.79 Å².